The number of nitrogens with zero attached hydrogens (tertiary/aromatic N) is 2. The van der Waals surface area contributed by atoms with Gasteiger partial charge < -0.3 is 10.5 Å². The Labute approximate surface area is 124 Å². The number of hydrogen-bond acceptors (Lipinski definition) is 4. The first-order valence-corrected chi connectivity index (χ1v) is 6.91. The van der Waals surface area contributed by atoms with Gasteiger partial charge in [0.25, 0.3) is 5.91 Å². The monoisotopic (exact) mass is 338 g/mol. The number of nitrogens with one attached hydrogen (secondary N) is 1. The summed E-state index contributed by atoms with van der Waals surface area (Å²) in [5, 5.41) is 10.2. The van der Waals surface area contributed by atoms with Crippen LogP contribution in [0, 0.1) is 5.92 Å². The maximum absolute atomic E-state index is 11.4. The summed E-state index contributed by atoms with van der Waals surface area (Å²) in [5.41, 5.74) is 6.44. The maximum atomic E-state index is 11.4. The number of primary amides is 1. The Kier molecular flexibility index (Phi) is 4.39. The van der Waals surface area contributed by atoms with Gasteiger partial charge in [-0.15, -0.1) is 0 Å². The number of rotatable bonds is 5. The fourth-order valence-corrected chi connectivity index (χ4v) is 2.02. The van der Waals surface area contributed by atoms with E-state index < -0.39 is 5.91 Å². The highest BCUT2D eigenvalue weighted by molar-refractivity contribution is 9.10. The second-order valence-corrected chi connectivity index (χ2v) is 5.65. The van der Waals surface area contributed by atoms with Crippen molar-refractivity contribution in [2.75, 3.05) is 6.61 Å². The number of ether oxygens (including phenoxy) is 1. The maximum Gasteiger partial charge on any atom is 0.271 e. The molecule has 6 nitrogen and oxygen atoms in total. The fourth-order valence-electron chi connectivity index (χ4n) is 1.66. The largest absolute Gasteiger partial charge is 0.493 e. The third kappa shape index (κ3) is 3.16. The lowest BCUT2D eigenvalue weighted by atomic mass is 10.1. The van der Waals surface area contributed by atoms with Crippen LogP contribution in [0.5, 0.6) is 5.75 Å². The number of aromatic nitrogens is 3. The van der Waals surface area contributed by atoms with Gasteiger partial charge in [-0.1, -0.05) is 29.8 Å². The van der Waals surface area contributed by atoms with Crippen molar-refractivity contribution in [3.8, 4) is 17.0 Å². The predicted octanol–water partition coefficient (Wildman–Crippen LogP) is 2.37. The van der Waals surface area contributed by atoms with Crippen molar-refractivity contribution in [3.05, 3.63) is 28.4 Å². The van der Waals surface area contributed by atoms with Crippen molar-refractivity contribution >= 4 is 21.8 Å². The highest BCUT2D eigenvalue weighted by atomic mass is 79.9. The van der Waals surface area contributed by atoms with E-state index in [-0.39, 0.29) is 5.69 Å². The smallest absolute Gasteiger partial charge is 0.271 e. The second kappa shape index (κ2) is 6.04. The van der Waals surface area contributed by atoms with Gasteiger partial charge in [0.2, 0.25) is 0 Å². The van der Waals surface area contributed by atoms with E-state index in [1.165, 1.54) is 0 Å². The van der Waals surface area contributed by atoms with Gasteiger partial charge in [-0.3, -0.25) is 4.79 Å². The van der Waals surface area contributed by atoms with Crippen LogP contribution in [0.4, 0.5) is 0 Å². The fraction of sp³-hybridized carbons (Fsp3) is 0.308. The third-order valence-electron chi connectivity index (χ3n) is 2.55. The van der Waals surface area contributed by atoms with Crippen LogP contribution in [-0.2, 0) is 0 Å². The quantitative estimate of drug-likeness (QED) is 0.874. The van der Waals surface area contributed by atoms with E-state index in [9.17, 15) is 4.79 Å². The predicted molar refractivity (Wildman–Crippen MR) is 78.4 cm³/mol. The molecule has 1 heterocycles. The summed E-state index contributed by atoms with van der Waals surface area (Å²) in [7, 11) is 0. The lowest BCUT2D eigenvalue weighted by Crippen LogP contribution is -2.13. The molecule has 0 fully saturated rings. The van der Waals surface area contributed by atoms with Crippen molar-refractivity contribution in [1.82, 2.24) is 15.4 Å². The molecule has 0 spiro atoms. The zero-order chi connectivity index (χ0) is 14.7. The minimum Gasteiger partial charge on any atom is -0.493 e. The molecule has 0 unspecified atom stereocenters. The Balaban J connectivity index is 2.45. The average molecular weight is 339 g/mol. The summed E-state index contributed by atoms with van der Waals surface area (Å²) < 4.78 is 6.61. The molecule has 2 aromatic rings. The van der Waals surface area contributed by atoms with E-state index in [0.717, 1.165) is 4.47 Å². The molecule has 20 heavy (non-hydrogen) atoms. The van der Waals surface area contributed by atoms with E-state index in [1.807, 2.05) is 18.2 Å². The lowest BCUT2D eigenvalue weighted by molar-refractivity contribution is 0.0996. The molecule has 0 saturated heterocycles. The van der Waals surface area contributed by atoms with Crippen LogP contribution >= 0.6 is 15.9 Å². The SMILES string of the molecule is CC(C)COc1ccc(Br)cc1-c1n[nH]nc1C(N)=O. The molecule has 0 atom stereocenters. The average Bonchev–Trinajstić information content (AvgIpc) is 2.86. The summed E-state index contributed by atoms with van der Waals surface area (Å²) >= 11 is 3.39. The van der Waals surface area contributed by atoms with Gasteiger partial charge in [0.15, 0.2) is 5.69 Å². The number of benzene rings is 1. The van der Waals surface area contributed by atoms with Gasteiger partial charge in [0.1, 0.15) is 11.4 Å². The number of H-pyrrole nitrogens is 1. The van der Waals surface area contributed by atoms with E-state index in [4.69, 9.17) is 10.5 Å². The van der Waals surface area contributed by atoms with Crippen molar-refractivity contribution in [3.63, 3.8) is 0 Å². The molecule has 106 valence electrons. The first kappa shape index (κ1) is 14.5. The van der Waals surface area contributed by atoms with Crippen LogP contribution in [0.15, 0.2) is 22.7 Å². The molecule has 0 bridgehead atoms. The highest BCUT2D eigenvalue weighted by Crippen LogP contribution is 2.33. The molecule has 0 saturated carbocycles. The summed E-state index contributed by atoms with van der Waals surface area (Å²) in [6.07, 6.45) is 0. The van der Waals surface area contributed by atoms with Crippen molar-refractivity contribution in [2.24, 2.45) is 11.7 Å². The second-order valence-electron chi connectivity index (χ2n) is 4.73. The Hall–Kier alpha value is -1.89. The normalized spacial score (nSPS) is 10.8. The molecule has 0 aliphatic rings. The van der Waals surface area contributed by atoms with Crippen LogP contribution in [0.25, 0.3) is 11.3 Å². The molecule has 2 rings (SSSR count). The van der Waals surface area contributed by atoms with Gasteiger partial charge in [-0.2, -0.15) is 15.4 Å². The van der Waals surface area contributed by atoms with Gasteiger partial charge in [0, 0.05) is 10.0 Å². The topological polar surface area (TPSA) is 93.9 Å². The third-order valence-corrected chi connectivity index (χ3v) is 3.04. The Morgan fingerprint density at radius 1 is 1.45 bits per heavy atom. The molecule has 3 N–H and O–H groups in total. The number of carbonyl (C=O) groups excluding carboxylic acids is 1. The summed E-state index contributed by atoms with van der Waals surface area (Å²) in [6, 6.07) is 5.50. The van der Waals surface area contributed by atoms with Crippen molar-refractivity contribution in [2.45, 2.75) is 13.8 Å². The molecule has 7 heteroatoms. The van der Waals surface area contributed by atoms with Crippen molar-refractivity contribution in [1.29, 1.82) is 0 Å². The van der Waals surface area contributed by atoms with Gasteiger partial charge >= 0.3 is 0 Å². The van der Waals surface area contributed by atoms with Crippen molar-refractivity contribution < 1.29 is 9.53 Å². The van der Waals surface area contributed by atoms with E-state index in [0.29, 0.717) is 29.5 Å². The number of aromatic amines is 1. The highest BCUT2D eigenvalue weighted by Gasteiger charge is 2.19. The minimum absolute atomic E-state index is 0.0949. The molecule has 0 aliphatic heterocycles. The molecular formula is C13H15BrN4O2. The van der Waals surface area contributed by atoms with Crippen LogP contribution in [-0.4, -0.2) is 27.9 Å². The number of nitrogens with two attached hydrogens (primary N) is 1. The summed E-state index contributed by atoms with van der Waals surface area (Å²) in [6.45, 7) is 4.69. The van der Waals surface area contributed by atoms with Gasteiger partial charge in [-0.25, -0.2) is 0 Å². The number of amides is 1. The standard InChI is InChI=1S/C13H15BrN4O2/c1-7(2)6-20-10-4-3-8(14)5-9(10)11-12(13(15)19)17-18-16-11/h3-5,7H,6H2,1-2H3,(H2,15,19)(H,16,17,18). The van der Waals surface area contributed by atoms with Gasteiger partial charge in [-0.05, 0) is 24.1 Å². The van der Waals surface area contributed by atoms with E-state index in [1.54, 1.807) is 0 Å². The van der Waals surface area contributed by atoms with Crippen LogP contribution < -0.4 is 10.5 Å². The van der Waals surface area contributed by atoms with Gasteiger partial charge in [0.05, 0.1) is 6.61 Å². The molecular weight excluding hydrogens is 324 g/mol. The minimum atomic E-state index is -0.636. The Morgan fingerprint density at radius 3 is 2.85 bits per heavy atom. The Bertz CT molecular complexity index is 625. The zero-order valence-electron chi connectivity index (χ0n) is 11.2. The number of hydrogen-bond donors (Lipinski definition) is 2. The molecule has 1 amide bonds. The lowest BCUT2D eigenvalue weighted by Gasteiger charge is -2.12. The number of halogens is 1. The van der Waals surface area contributed by atoms with Crippen LogP contribution in [0.3, 0.4) is 0 Å². The Morgan fingerprint density at radius 2 is 2.20 bits per heavy atom. The zero-order valence-corrected chi connectivity index (χ0v) is 12.8. The summed E-state index contributed by atoms with van der Waals surface area (Å²) in [5.74, 6) is 0.390. The molecule has 1 aromatic heterocycles. The summed E-state index contributed by atoms with van der Waals surface area (Å²) in [4.78, 5) is 11.4. The first-order valence-electron chi connectivity index (χ1n) is 6.12. The van der Waals surface area contributed by atoms with E-state index in [2.05, 4.69) is 45.2 Å². The van der Waals surface area contributed by atoms with Crippen LogP contribution in [0.1, 0.15) is 24.3 Å². The van der Waals surface area contributed by atoms with Crippen LogP contribution in [0.2, 0.25) is 0 Å². The molecule has 1 aromatic carbocycles. The molecule has 0 radical (unpaired) electrons. The first-order chi connectivity index (χ1) is 9.49. The molecule has 0 aliphatic carbocycles. The van der Waals surface area contributed by atoms with E-state index >= 15 is 0 Å². The number of carbonyl (C=O) groups is 1.